The highest BCUT2D eigenvalue weighted by Crippen LogP contribution is 2.24. The standard InChI is InChI=1S/C14H18N2OS/c1-3-13(11-4-6-12(17)7-5-11)16-10(2)14-15-8-9-18-14/h4-10,13,16-17H,3H2,1-2H3. The number of phenolic OH excluding ortho intramolecular Hbond substituents is 1. The molecule has 0 spiro atoms. The molecule has 0 saturated heterocycles. The Morgan fingerprint density at radius 1 is 1.33 bits per heavy atom. The Labute approximate surface area is 112 Å². The van der Waals surface area contributed by atoms with Gasteiger partial charge < -0.3 is 10.4 Å². The second-order valence-corrected chi connectivity index (χ2v) is 5.24. The third-order valence-electron chi connectivity index (χ3n) is 2.98. The molecule has 2 atom stereocenters. The van der Waals surface area contributed by atoms with Crippen molar-refractivity contribution in [2.24, 2.45) is 0 Å². The summed E-state index contributed by atoms with van der Waals surface area (Å²) in [4.78, 5) is 4.33. The number of aromatic hydroxyl groups is 1. The quantitative estimate of drug-likeness (QED) is 0.864. The Hall–Kier alpha value is -1.39. The van der Waals surface area contributed by atoms with Gasteiger partial charge in [0, 0.05) is 17.6 Å². The summed E-state index contributed by atoms with van der Waals surface area (Å²) < 4.78 is 0. The number of aromatic nitrogens is 1. The first kappa shape index (κ1) is 13.1. The van der Waals surface area contributed by atoms with Gasteiger partial charge in [-0.3, -0.25) is 0 Å². The van der Waals surface area contributed by atoms with Crippen LogP contribution in [-0.2, 0) is 0 Å². The summed E-state index contributed by atoms with van der Waals surface area (Å²) in [7, 11) is 0. The van der Waals surface area contributed by atoms with E-state index in [1.807, 2.05) is 23.7 Å². The van der Waals surface area contributed by atoms with Gasteiger partial charge >= 0.3 is 0 Å². The maximum Gasteiger partial charge on any atom is 0.115 e. The monoisotopic (exact) mass is 262 g/mol. The Kier molecular flexibility index (Phi) is 4.33. The zero-order valence-corrected chi connectivity index (χ0v) is 11.4. The number of rotatable bonds is 5. The van der Waals surface area contributed by atoms with Crippen LogP contribution in [0.15, 0.2) is 35.8 Å². The minimum atomic E-state index is 0.240. The lowest BCUT2D eigenvalue weighted by Crippen LogP contribution is -2.24. The second kappa shape index (κ2) is 5.98. The Morgan fingerprint density at radius 2 is 2.06 bits per heavy atom. The summed E-state index contributed by atoms with van der Waals surface area (Å²) in [6.07, 6.45) is 2.83. The molecule has 0 amide bonds. The number of thiazole rings is 1. The van der Waals surface area contributed by atoms with Crippen molar-refractivity contribution in [2.45, 2.75) is 32.4 Å². The summed E-state index contributed by atoms with van der Waals surface area (Å²) in [6, 6.07) is 7.91. The van der Waals surface area contributed by atoms with Crippen LogP contribution in [0.5, 0.6) is 5.75 Å². The summed E-state index contributed by atoms with van der Waals surface area (Å²) in [5.41, 5.74) is 1.19. The van der Waals surface area contributed by atoms with Crippen LogP contribution in [0.4, 0.5) is 0 Å². The second-order valence-electron chi connectivity index (χ2n) is 4.31. The molecule has 2 aromatic rings. The molecular weight excluding hydrogens is 244 g/mol. The molecule has 0 radical (unpaired) electrons. The normalized spacial score (nSPS) is 14.3. The van der Waals surface area contributed by atoms with Gasteiger partial charge in [-0.1, -0.05) is 19.1 Å². The van der Waals surface area contributed by atoms with Crippen molar-refractivity contribution in [1.82, 2.24) is 10.3 Å². The highest BCUT2D eigenvalue weighted by atomic mass is 32.1. The van der Waals surface area contributed by atoms with Crippen molar-refractivity contribution in [1.29, 1.82) is 0 Å². The maximum atomic E-state index is 9.31. The molecule has 0 fully saturated rings. The van der Waals surface area contributed by atoms with Crippen LogP contribution >= 0.6 is 11.3 Å². The highest BCUT2D eigenvalue weighted by molar-refractivity contribution is 7.09. The maximum absolute atomic E-state index is 9.31. The molecule has 1 aromatic carbocycles. The predicted molar refractivity (Wildman–Crippen MR) is 74.8 cm³/mol. The van der Waals surface area contributed by atoms with E-state index >= 15 is 0 Å². The zero-order valence-electron chi connectivity index (χ0n) is 10.6. The summed E-state index contributed by atoms with van der Waals surface area (Å²) >= 11 is 1.67. The largest absolute Gasteiger partial charge is 0.508 e. The van der Waals surface area contributed by atoms with Crippen LogP contribution < -0.4 is 5.32 Å². The van der Waals surface area contributed by atoms with Gasteiger partial charge in [0.1, 0.15) is 10.8 Å². The van der Waals surface area contributed by atoms with E-state index in [9.17, 15) is 5.11 Å². The Morgan fingerprint density at radius 3 is 2.61 bits per heavy atom. The molecule has 0 saturated carbocycles. The van der Waals surface area contributed by atoms with Gasteiger partial charge in [0.25, 0.3) is 0 Å². The molecule has 18 heavy (non-hydrogen) atoms. The van der Waals surface area contributed by atoms with E-state index in [0.29, 0.717) is 5.75 Å². The van der Waals surface area contributed by atoms with E-state index in [2.05, 4.69) is 24.1 Å². The molecule has 3 nitrogen and oxygen atoms in total. The van der Waals surface area contributed by atoms with E-state index in [1.165, 1.54) is 5.56 Å². The number of nitrogens with one attached hydrogen (secondary N) is 1. The van der Waals surface area contributed by atoms with Crippen molar-refractivity contribution in [3.8, 4) is 5.75 Å². The van der Waals surface area contributed by atoms with Crippen LogP contribution in [0.2, 0.25) is 0 Å². The molecule has 0 bridgehead atoms. The number of benzene rings is 1. The highest BCUT2D eigenvalue weighted by Gasteiger charge is 2.15. The molecule has 2 N–H and O–H groups in total. The first-order valence-electron chi connectivity index (χ1n) is 6.15. The van der Waals surface area contributed by atoms with Gasteiger partial charge in [-0.05, 0) is 31.0 Å². The summed E-state index contributed by atoms with van der Waals surface area (Å²) in [5, 5.41) is 16.0. The van der Waals surface area contributed by atoms with E-state index in [4.69, 9.17) is 0 Å². The van der Waals surface area contributed by atoms with Crippen LogP contribution in [-0.4, -0.2) is 10.1 Å². The number of hydrogen-bond acceptors (Lipinski definition) is 4. The minimum absolute atomic E-state index is 0.240. The molecule has 0 aliphatic rings. The van der Waals surface area contributed by atoms with Crippen molar-refractivity contribution in [3.63, 3.8) is 0 Å². The van der Waals surface area contributed by atoms with Crippen LogP contribution in [0.1, 0.15) is 42.9 Å². The van der Waals surface area contributed by atoms with Gasteiger partial charge in [0.2, 0.25) is 0 Å². The fourth-order valence-corrected chi connectivity index (χ4v) is 2.63. The fraction of sp³-hybridized carbons (Fsp3) is 0.357. The van der Waals surface area contributed by atoms with Gasteiger partial charge in [-0.25, -0.2) is 4.98 Å². The summed E-state index contributed by atoms with van der Waals surface area (Å²) in [6.45, 7) is 4.28. The van der Waals surface area contributed by atoms with Crippen molar-refractivity contribution >= 4 is 11.3 Å². The van der Waals surface area contributed by atoms with Gasteiger partial charge in [0.15, 0.2) is 0 Å². The topological polar surface area (TPSA) is 45.2 Å². The first-order valence-corrected chi connectivity index (χ1v) is 7.03. The average molecular weight is 262 g/mol. The van der Waals surface area contributed by atoms with Crippen LogP contribution in [0.25, 0.3) is 0 Å². The van der Waals surface area contributed by atoms with Crippen molar-refractivity contribution in [3.05, 3.63) is 46.4 Å². The predicted octanol–water partition coefficient (Wildman–Crippen LogP) is 3.65. The van der Waals surface area contributed by atoms with Gasteiger partial charge in [-0.2, -0.15) is 0 Å². The van der Waals surface area contributed by atoms with Gasteiger partial charge in [0.05, 0.1) is 6.04 Å². The third kappa shape index (κ3) is 3.09. The van der Waals surface area contributed by atoms with Gasteiger partial charge in [-0.15, -0.1) is 11.3 Å². The van der Waals surface area contributed by atoms with E-state index in [0.717, 1.165) is 11.4 Å². The Bertz CT molecular complexity index is 467. The zero-order chi connectivity index (χ0) is 13.0. The van der Waals surface area contributed by atoms with Crippen LogP contribution in [0, 0.1) is 0 Å². The lowest BCUT2D eigenvalue weighted by atomic mass is 10.0. The first-order chi connectivity index (χ1) is 8.70. The fourth-order valence-electron chi connectivity index (χ4n) is 1.98. The number of hydrogen-bond donors (Lipinski definition) is 2. The molecular formula is C14H18N2OS. The lowest BCUT2D eigenvalue weighted by molar-refractivity contribution is 0.452. The summed E-state index contributed by atoms with van der Waals surface area (Å²) in [5.74, 6) is 0.307. The van der Waals surface area contributed by atoms with Crippen LogP contribution in [0.3, 0.4) is 0 Å². The molecule has 1 aromatic heterocycles. The SMILES string of the molecule is CCC(NC(C)c1nccs1)c1ccc(O)cc1. The van der Waals surface area contributed by atoms with E-state index < -0.39 is 0 Å². The minimum Gasteiger partial charge on any atom is -0.508 e. The smallest absolute Gasteiger partial charge is 0.115 e. The molecule has 4 heteroatoms. The molecule has 0 aliphatic carbocycles. The van der Waals surface area contributed by atoms with Crippen molar-refractivity contribution in [2.75, 3.05) is 0 Å². The van der Waals surface area contributed by atoms with Crippen molar-refractivity contribution < 1.29 is 5.11 Å². The van der Waals surface area contributed by atoms with E-state index in [1.54, 1.807) is 23.5 Å². The van der Waals surface area contributed by atoms with E-state index in [-0.39, 0.29) is 12.1 Å². The number of phenols is 1. The Balaban J connectivity index is 2.07. The third-order valence-corrected chi connectivity index (χ3v) is 3.93. The average Bonchev–Trinajstić information content (AvgIpc) is 2.91. The number of nitrogens with zero attached hydrogens (tertiary/aromatic N) is 1. The molecule has 2 rings (SSSR count). The lowest BCUT2D eigenvalue weighted by Gasteiger charge is -2.21. The molecule has 0 aliphatic heterocycles. The molecule has 1 heterocycles. The molecule has 96 valence electrons. The molecule has 2 unspecified atom stereocenters.